The summed E-state index contributed by atoms with van der Waals surface area (Å²) >= 11 is 0. The second-order valence-electron chi connectivity index (χ2n) is 6.25. The highest BCUT2D eigenvalue weighted by Gasteiger charge is 2.09. The van der Waals surface area contributed by atoms with Gasteiger partial charge in [0.05, 0.1) is 0 Å². The van der Waals surface area contributed by atoms with Gasteiger partial charge >= 0.3 is 6.03 Å². The van der Waals surface area contributed by atoms with E-state index in [0.717, 1.165) is 22.9 Å². The zero-order valence-corrected chi connectivity index (χ0v) is 15.1. The molecule has 3 aromatic rings. The number of aryl methyl sites for hydroxylation is 2. The molecule has 0 bridgehead atoms. The highest BCUT2D eigenvalue weighted by atomic mass is 19.1. The van der Waals surface area contributed by atoms with Gasteiger partial charge in [0.15, 0.2) is 5.82 Å². The molecule has 2 aromatic carbocycles. The zero-order valence-electron chi connectivity index (χ0n) is 15.1. The van der Waals surface area contributed by atoms with Gasteiger partial charge in [0, 0.05) is 42.1 Å². The van der Waals surface area contributed by atoms with Crippen molar-refractivity contribution >= 4 is 28.3 Å². The summed E-state index contributed by atoms with van der Waals surface area (Å²) in [5.74, 6) is -1.37. The molecule has 7 heteroatoms. The normalized spacial score (nSPS) is 10.7. The summed E-state index contributed by atoms with van der Waals surface area (Å²) < 4.78 is 27.3. The van der Waals surface area contributed by atoms with Gasteiger partial charge in [-0.1, -0.05) is 6.07 Å². The predicted molar refractivity (Wildman–Crippen MR) is 103 cm³/mol. The number of rotatable bonds is 5. The summed E-state index contributed by atoms with van der Waals surface area (Å²) in [6.07, 6.45) is 1.45. The summed E-state index contributed by atoms with van der Waals surface area (Å²) in [5.41, 5.74) is 3.62. The number of amides is 2. The fraction of sp³-hybridized carbons (Fsp3) is 0.200. The number of pyridine rings is 1. The fourth-order valence-corrected chi connectivity index (χ4v) is 2.70. The zero-order chi connectivity index (χ0) is 19.4. The lowest BCUT2D eigenvalue weighted by Gasteiger charge is -2.12. The van der Waals surface area contributed by atoms with Gasteiger partial charge in [-0.3, -0.25) is 4.98 Å². The number of nitrogens with zero attached hydrogens (tertiary/aromatic N) is 1. The summed E-state index contributed by atoms with van der Waals surface area (Å²) in [6.45, 7) is 4.70. The molecular formula is C20H20F2N4O. The third-order valence-electron chi connectivity index (χ3n) is 4.25. The summed E-state index contributed by atoms with van der Waals surface area (Å²) in [6, 6.07) is 9.03. The Bertz CT molecular complexity index is 991. The lowest BCUT2D eigenvalue weighted by molar-refractivity contribution is 0.252. The van der Waals surface area contributed by atoms with Gasteiger partial charge in [-0.15, -0.1) is 0 Å². The summed E-state index contributed by atoms with van der Waals surface area (Å²) in [7, 11) is 0. The molecule has 3 rings (SSSR count). The minimum absolute atomic E-state index is 0.0989. The number of carbonyl (C=O) groups is 1. The lowest BCUT2D eigenvalue weighted by Crippen LogP contribution is -2.32. The van der Waals surface area contributed by atoms with Crippen LogP contribution in [0.25, 0.3) is 10.9 Å². The first-order valence-electron chi connectivity index (χ1n) is 8.54. The average molecular weight is 370 g/mol. The van der Waals surface area contributed by atoms with E-state index in [0.29, 0.717) is 24.2 Å². The molecular weight excluding hydrogens is 350 g/mol. The van der Waals surface area contributed by atoms with Gasteiger partial charge in [-0.05, 0) is 49.2 Å². The van der Waals surface area contributed by atoms with Gasteiger partial charge in [0.2, 0.25) is 0 Å². The smallest absolute Gasteiger partial charge is 0.319 e. The van der Waals surface area contributed by atoms with Crippen LogP contribution in [-0.4, -0.2) is 24.1 Å². The Hall–Kier alpha value is -3.22. The van der Waals surface area contributed by atoms with Crippen molar-refractivity contribution in [3.05, 3.63) is 65.4 Å². The van der Waals surface area contributed by atoms with Crippen LogP contribution in [0.5, 0.6) is 0 Å². The second-order valence-corrected chi connectivity index (χ2v) is 6.25. The lowest BCUT2D eigenvalue weighted by atomic mass is 10.1. The first-order chi connectivity index (χ1) is 12.9. The maximum atomic E-state index is 13.8. The number of nitrogens with one attached hydrogen (secondary N) is 3. The van der Waals surface area contributed by atoms with Crippen LogP contribution in [0.2, 0.25) is 0 Å². The van der Waals surface area contributed by atoms with Crippen LogP contribution in [0.15, 0.2) is 42.6 Å². The van der Waals surface area contributed by atoms with Crippen LogP contribution in [0.3, 0.4) is 0 Å². The molecule has 0 spiro atoms. The second kappa shape index (κ2) is 7.99. The summed E-state index contributed by atoms with van der Waals surface area (Å²) in [4.78, 5) is 15.9. The van der Waals surface area contributed by atoms with Crippen molar-refractivity contribution in [3.8, 4) is 0 Å². The number of anilines is 2. The van der Waals surface area contributed by atoms with Crippen molar-refractivity contribution in [3.63, 3.8) is 0 Å². The van der Waals surface area contributed by atoms with E-state index in [1.807, 2.05) is 32.0 Å². The summed E-state index contributed by atoms with van der Waals surface area (Å²) in [5, 5.41) is 8.91. The molecule has 0 fully saturated rings. The standard InChI is InChI=1S/C20H20F2N4O/c1-12-3-4-15(9-13(12)2)26-20(27)25-8-7-23-18-5-6-24-19-16(18)10-14(21)11-17(19)22/h3-6,9-11H,7-8H2,1-2H3,(H,23,24)(H2,25,26,27). The van der Waals surface area contributed by atoms with Crippen molar-refractivity contribution < 1.29 is 13.6 Å². The molecule has 27 heavy (non-hydrogen) atoms. The molecule has 1 heterocycles. The minimum Gasteiger partial charge on any atom is -0.383 e. The van der Waals surface area contributed by atoms with E-state index in [2.05, 4.69) is 20.9 Å². The quantitative estimate of drug-likeness (QED) is 0.585. The van der Waals surface area contributed by atoms with Gasteiger partial charge in [-0.25, -0.2) is 13.6 Å². The Morgan fingerprint density at radius 1 is 1.04 bits per heavy atom. The van der Waals surface area contributed by atoms with Crippen molar-refractivity contribution in [2.75, 3.05) is 23.7 Å². The number of benzene rings is 2. The Morgan fingerprint density at radius 2 is 1.85 bits per heavy atom. The van der Waals surface area contributed by atoms with E-state index in [9.17, 15) is 13.6 Å². The Kier molecular flexibility index (Phi) is 5.49. The molecule has 0 saturated heterocycles. The van der Waals surface area contributed by atoms with E-state index in [4.69, 9.17) is 0 Å². The van der Waals surface area contributed by atoms with Crippen molar-refractivity contribution in [2.45, 2.75) is 13.8 Å². The van der Waals surface area contributed by atoms with E-state index in [1.165, 1.54) is 12.3 Å². The molecule has 0 aliphatic rings. The van der Waals surface area contributed by atoms with Crippen LogP contribution in [0.4, 0.5) is 25.0 Å². The van der Waals surface area contributed by atoms with Crippen LogP contribution in [-0.2, 0) is 0 Å². The molecule has 0 radical (unpaired) electrons. The Morgan fingerprint density at radius 3 is 2.63 bits per heavy atom. The van der Waals surface area contributed by atoms with E-state index in [-0.39, 0.29) is 11.5 Å². The largest absolute Gasteiger partial charge is 0.383 e. The molecule has 0 saturated carbocycles. The highest BCUT2D eigenvalue weighted by molar-refractivity contribution is 5.91. The minimum atomic E-state index is -0.709. The van der Waals surface area contributed by atoms with Crippen molar-refractivity contribution in [2.24, 2.45) is 0 Å². The van der Waals surface area contributed by atoms with Gasteiger partial charge in [0.1, 0.15) is 11.3 Å². The first kappa shape index (κ1) is 18.6. The molecule has 5 nitrogen and oxygen atoms in total. The van der Waals surface area contributed by atoms with Gasteiger partial charge in [-0.2, -0.15) is 0 Å². The predicted octanol–water partition coefficient (Wildman–Crippen LogP) is 4.36. The third-order valence-corrected chi connectivity index (χ3v) is 4.25. The maximum absolute atomic E-state index is 13.8. The fourth-order valence-electron chi connectivity index (χ4n) is 2.70. The van der Waals surface area contributed by atoms with Crippen LogP contribution in [0, 0.1) is 25.5 Å². The number of carbonyl (C=O) groups excluding carboxylic acids is 1. The monoisotopic (exact) mass is 370 g/mol. The number of urea groups is 1. The van der Waals surface area contributed by atoms with Gasteiger partial charge < -0.3 is 16.0 Å². The maximum Gasteiger partial charge on any atom is 0.319 e. The van der Waals surface area contributed by atoms with Crippen LogP contribution >= 0.6 is 0 Å². The topological polar surface area (TPSA) is 66.1 Å². The number of fused-ring (bicyclic) bond motifs is 1. The van der Waals surface area contributed by atoms with Crippen molar-refractivity contribution in [1.29, 1.82) is 0 Å². The molecule has 3 N–H and O–H groups in total. The first-order valence-corrected chi connectivity index (χ1v) is 8.54. The number of halogens is 2. The molecule has 0 atom stereocenters. The van der Waals surface area contributed by atoms with Crippen LogP contribution in [0.1, 0.15) is 11.1 Å². The highest BCUT2D eigenvalue weighted by Crippen LogP contribution is 2.24. The van der Waals surface area contributed by atoms with Crippen LogP contribution < -0.4 is 16.0 Å². The van der Waals surface area contributed by atoms with E-state index in [1.54, 1.807) is 6.07 Å². The Balaban J connectivity index is 1.55. The molecule has 1 aromatic heterocycles. The Labute approximate surface area is 155 Å². The number of aromatic nitrogens is 1. The molecule has 140 valence electrons. The SMILES string of the molecule is Cc1ccc(NC(=O)NCCNc2ccnc3c(F)cc(F)cc23)cc1C. The van der Waals surface area contributed by atoms with Gasteiger partial charge in [0.25, 0.3) is 0 Å². The molecule has 0 aliphatic carbocycles. The van der Waals surface area contributed by atoms with E-state index >= 15 is 0 Å². The van der Waals surface area contributed by atoms with E-state index < -0.39 is 11.6 Å². The van der Waals surface area contributed by atoms with Crippen molar-refractivity contribution in [1.82, 2.24) is 10.3 Å². The average Bonchev–Trinajstić information content (AvgIpc) is 2.62. The third kappa shape index (κ3) is 4.49. The number of hydrogen-bond donors (Lipinski definition) is 3. The molecule has 0 unspecified atom stereocenters. The molecule has 2 amide bonds. The molecule has 0 aliphatic heterocycles. The number of hydrogen-bond acceptors (Lipinski definition) is 3.